The van der Waals surface area contributed by atoms with E-state index in [9.17, 15) is 18.5 Å². The topological polar surface area (TPSA) is 122 Å². The molecule has 0 fully saturated rings. The molecule has 3 heterocycles. The van der Waals surface area contributed by atoms with Gasteiger partial charge >= 0.3 is 0 Å². The first kappa shape index (κ1) is 26.4. The highest BCUT2D eigenvalue weighted by Gasteiger charge is 2.27. The zero-order valence-corrected chi connectivity index (χ0v) is 22.3. The standard InChI is InChI=1S/C27H24N6O4S2/c34-33(35)23-7-10-25(11-8-23)39(36,37)32(24-9-12-26-27(17-24)38-20-30-26)16-15-31(18-21-5-1-3-13-28-21)19-22-6-2-4-14-29-22/h1-14,17,20H,15-16,18-19H2. The molecule has 0 bridgehead atoms. The van der Waals surface area contributed by atoms with E-state index >= 15 is 0 Å². The molecule has 10 nitrogen and oxygen atoms in total. The summed E-state index contributed by atoms with van der Waals surface area (Å²) >= 11 is 1.42. The molecule has 0 saturated carbocycles. The Balaban J connectivity index is 1.48. The normalized spacial score (nSPS) is 11.6. The first-order valence-corrected chi connectivity index (χ1v) is 14.3. The molecule has 0 aliphatic rings. The van der Waals surface area contributed by atoms with Gasteiger partial charge in [0.1, 0.15) is 0 Å². The van der Waals surface area contributed by atoms with E-state index in [1.165, 1.54) is 39.9 Å². The number of sulfonamides is 1. The van der Waals surface area contributed by atoms with Crippen LogP contribution in [0.4, 0.5) is 11.4 Å². The minimum atomic E-state index is -4.05. The number of thiazole rings is 1. The summed E-state index contributed by atoms with van der Waals surface area (Å²) in [5.41, 5.74) is 4.51. The Kier molecular flexibility index (Phi) is 7.87. The number of fused-ring (bicyclic) bond motifs is 1. The minimum Gasteiger partial charge on any atom is -0.290 e. The van der Waals surface area contributed by atoms with Crippen molar-refractivity contribution in [3.63, 3.8) is 0 Å². The van der Waals surface area contributed by atoms with Crippen LogP contribution in [0.15, 0.2) is 102 Å². The van der Waals surface area contributed by atoms with Crippen LogP contribution in [0, 0.1) is 10.1 Å². The molecule has 39 heavy (non-hydrogen) atoms. The van der Waals surface area contributed by atoms with Crippen LogP contribution in [0.1, 0.15) is 11.4 Å². The molecule has 0 N–H and O–H groups in total. The van der Waals surface area contributed by atoms with Gasteiger partial charge in [-0.25, -0.2) is 13.4 Å². The van der Waals surface area contributed by atoms with Crippen molar-refractivity contribution in [2.75, 3.05) is 17.4 Å². The molecule has 5 aromatic rings. The highest BCUT2D eigenvalue weighted by Crippen LogP contribution is 2.29. The van der Waals surface area contributed by atoms with Crippen LogP contribution < -0.4 is 4.31 Å². The lowest BCUT2D eigenvalue weighted by Crippen LogP contribution is -2.38. The molecule has 0 radical (unpaired) electrons. The van der Waals surface area contributed by atoms with Gasteiger partial charge < -0.3 is 0 Å². The molecule has 0 unspecified atom stereocenters. The third-order valence-corrected chi connectivity index (χ3v) is 8.71. The van der Waals surface area contributed by atoms with Crippen molar-refractivity contribution in [2.45, 2.75) is 18.0 Å². The van der Waals surface area contributed by atoms with E-state index in [0.29, 0.717) is 25.3 Å². The van der Waals surface area contributed by atoms with Crippen molar-refractivity contribution in [1.29, 1.82) is 0 Å². The van der Waals surface area contributed by atoms with Gasteiger partial charge in [0, 0.05) is 50.7 Å². The van der Waals surface area contributed by atoms with E-state index in [4.69, 9.17) is 0 Å². The SMILES string of the molecule is O=[N+]([O-])c1ccc(S(=O)(=O)N(CCN(Cc2ccccn2)Cc2ccccn2)c2ccc3ncsc3c2)cc1. The van der Waals surface area contributed by atoms with E-state index in [-0.39, 0.29) is 17.1 Å². The summed E-state index contributed by atoms with van der Waals surface area (Å²) in [5.74, 6) is 0. The number of benzene rings is 2. The summed E-state index contributed by atoms with van der Waals surface area (Å²) in [6, 6.07) is 21.6. The second kappa shape index (κ2) is 11.6. The van der Waals surface area contributed by atoms with E-state index in [2.05, 4.69) is 19.9 Å². The number of nitrogens with zero attached hydrogens (tertiary/aromatic N) is 6. The number of non-ortho nitro benzene ring substituents is 1. The number of pyridine rings is 2. The van der Waals surface area contributed by atoms with Gasteiger partial charge in [0.25, 0.3) is 15.7 Å². The maximum Gasteiger partial charge on any atom is 0.269 e. The lowest BCUT2D eigenvalue weighted by Gasteiger charge is -2.28. The fourth-order valence-corrected chi connectivity index (χ4v) is 6.30. The maximum absolute atomic E-state index is 13.9. The van der Waals surface area contributed by atoms with Crippen LogP contribution in [-0.4, -0.2) is 46.3 Å². The molecule has 5 rings (SSSR count). The number of aromatic nitrogens is 3. The molecule has 0 atom stereocenters. The van der Waals surface area contributed by atoms with Gasteiger partial charge in [0.05, 0.1) is 42.6 Å². The van der Waals surface area contributed by atoms with Crippen LogP contribution in [0.25, 0.3) is 10.2 Å². The molecule has 0 saturated heterocycles. The summed E-state index contributed by atoms with van der Waals surface area (Å²) in [6.07, 6.45) is 3.45. The summed E-state index contributed by atoms with van der Waals surface area (Å²) in [5, 5.41) is 11.1. The molecular formula is C27H24N6O4S2. The predicted molar refractivity (Wildman–Crippen MR) is 150 cm³/mol. The Hall–Kier alpha value is -4.26. The van der Waals surface area contributed by atoms with Crippen molar-refractivity contribution in [3.05, 3.63) is 118 Å². The molecule has 3 aromatic heterocycles. The van der Waals surface area contributed by atoms with Gasteiger partial charge in [-0.15, -0.1) is 11.3 Å². The van der Waals surface area contributed by atoms with Gasteiger partial charge in [0.2, 0.25) is 0 Å². The highest BCUT2D eigenvalue weighted by atomic mass is 32.2. The Morgan fingerprint density at radius 2 is 1.49 bits per heavy atom. The summed E-state index contributed by atoms with van der Waals surface area (Å²) in [7, 11) is -4.05. The molecule has 2 aromatic carbocycles. The fourth-order valence-electron chi connectivity index (χ4n) is 4.14. The summed E-state index contributed by atoms with van der Waals surface area (Å²) in [6.45, 7) is 1.50. The highest BCUT2D eigenvalue weighted by molar-refractivity contribution is 7.92. The van der Waals surface area contributed by atoms with Crippen molar-refractivity contribution < 1.29 is 13.3 Å². The van der Waals surface area contributed by atoms with Gasteiger partial charge in [-0.3, -0.25) is 29.3 Å². The van der Waals surface area contributed by atoms with Crippen molar-refractivity contribution in [2.24, 2.45) is 0 Å². The van der Waals surface area contributed by atoms with E-state index in [1.807, 2.05) is 36.4 Å². The summed E-state index contributed by atoms with van der Waals surface area (Å²) in [4.78, 5) is 25.8. The second-order valence-electron chi connectivity index (χ2n) is 8.69. The van der Waals surface area contributed by atoms with Gasteiger partial charge in [-0.05, 0) is 54.6 Å². The zero-order chi connectivity index (χ0) is 27.2. The maximum atomic E-state index is 13.9. The Morgan fingerprint density at radius 1 is 0.821 bits per heavy atom. The van der Waals surface area contributed by atoms with Crippen LogP contribution in [0.2, 0.25) is 0 Å². The number of rotatable bonds is 11. The van der Waals surface area contributed by atoms with E-state index < -0.39 is 14.9 Å². The quantitative estimate of drug-likeness (QED) is 0.165. The minimum absolute atomic E-state index is 0.0292. The van der Waals surface area contributed by atoms with Crippen molar-refractivity contribution in [3.8, 4) is 0 Å². The van der Waals surface area contributed by atoms with Crippen molar-refractivity contribution >= 4 is 43.0 Å². The first-order valence-electron chi connectivity index (χ1n) is 12.0. The van der Waals surface area contributed by atoms with Crippen LogP contribution >= 0.6 is 11.3 Å². The van der Waals surface area contributed by atoms with Crippen LogP contribution in [0.5, 0.6) is 0 Å². The number of hydrogen-bond donors (Lipinski definition) is 0. The molecule has 198 valence electrons. The Bertz CT molecular complexity index is 1620. The fraction of sp³-hybridized carbons (Fsp3) is 0.148. The van der Waals surface area contributed by atoms with E-state index in [0.717, 1.165) is 21.6 Å². The first-order chi connectivity index (χ1) is 18.9. The average molecular weight is 561 g/mol. The monoisotopic (exact) mass is 560 g/mol. The number of anilines is 1. The third-order valence-electron chi connectivity index (χ3n) is 6.08. The van der Waals surface area contributed by atoms with E-state index in [1.54, 1.807) is 36.1 Å². The lowest BCUT2D eigenvalue weighted by molar-refractivity contribution is -0.384. The second-order valence-corrected chi connectivity index (χ2v) is 11.4. The van der Waals surface area contributed by atoms with Crippen molar-refractivity contribution in [1.82, 2.24) is 19.9 Å². The molecule has 12 heteroatoms. The Morgan fingerprint density at radius 3 is 2.08 bits per heavy atom. The van der Waals surface area contributed by atoms with Crippen LogP contribution in [-0.2, 0) is 23.1 Å². The molecule has 0 amide bonds. The Labute approximate surface area is 229 Å². The lowest BCUT2D eigenvalue weighted by atomic mass is 10.2. The number of hydrogen-bond acceptors (Lipinski definition) is 9. The molecular weight excluding hydrogens is 536 g/mol. The molecule has 0 spiro atoms. The van der Waals surface area contributed by atoms with Gasteiger partial charge in [-0.1, -0.05) is 12.1 Å². The van der Waals surface area contributed by atoms with Crippen LogP contribution in [0.3, 0.4) is 0 Å². The molecule has 0 aliphatic carbocycles. The zero-order valence-electron chi connectivity index (χ0n) is 20.7. The summed E-state index contributed by atoms with van der Waals surface area (Å²) < 4.78 is 30.0. The third kappa shape index (κ3) is 6.25. The molecule has 0 aliphatic heterocycles. The number of nitro groups is 1. The number of nitro benzene ring substituents is 1. The van der Waals surface area contributed by atoms with Gasteiger partial charge in [0.15, 0.2) is 0 Å². The van der Waals surface area contributed by atoms with Gasteiger partial charge in [-0.2, -0.15) is 0 Å². The largest absolute Gasteiger partial charge is 0.290 e. The smallest absolute Gasteiger partial charge is 0.269 e. The predicted octanol–water partition coefficient (Wildman–Crippen LogP) is 4.89. The average Bonchev–Trinajstić information content (AvgIpc) is 3.42.